The normalized spacial score (nSPS) is 10.9. The first-order valence-electron chi connectivity index (χ1n) is 9.43. The number of nitrogens with zero attached hydrogens (tertiary/aromatic N) is 1. The molecule has 0 atom stereocenters. The second-order valence-electron chi connectivity index (χ2n) is 6.92. The predicted molar refractivity (Wildman–Crippen MR) is 118 cm³/mol. The molecule has 31 heavy (non-hydrogen) atoms. The van der Waals surface area contributed by atoms with E-state index in [9.17, 15) is 18.0 Å². The van der Waals surface area contributed by atoms with Crippen molar-refractivity contribution in [3.8, 4) is 0 Å². The Bertz CT molecular complexity index is 1190. The topological polar surface area (TPSA) is 117 Å². The third kappa shape index (κ3) is 5.89. The summed E-state index contributed by atoms with van der Waals surface area (Å²) in [5, 5.41) is 5.13. The van der Waals surface area contributed by atoms with Crippen molar-refractivity contribution in [2.45, 2.75) is 18.7 Å². The fraction of sp³-hybridized carbons (Fsp3) is 0.136. The molecule has 1 heterocycles. The van der Waals surface area contributed by atoms with Crippen LogP contribution < -0.4 is 15.4 Å². The molecule has 0 radical (unpaired) electrons. The average molecular weight is 439 g/mol. The number of carbonyl (C=O) groups excluding carboxylic acids is 2. The summed E-state index contributed by atoms with van der Waals surface area (Å²) in [6.45, 7) is 3.34. The first-order valence-corrected chi connectivity index (χ1v) is 10.9. The van der Waals surface area contributed by atoms with E-state index in [1.54, 1.807) is 37.4 Å². The number of anilines is 2. The summed E-state index contributed by atoms with van der Waals surface area (Å²) >= 11 is 0. The maximum Gasteiger partial charge on any atom is 0.262 e. The third-order valence-electron chi connectivity index (χ3n) is 4.39. The number of hydrogen-bond donors (Lipinski definition) is 3. The van der Waals surface area contributed by atoms with Crippen LogP contribution in [0, 0.1) is 13.8 Å². The summed E-state index contributed by atoms with van der Waals surface area (Å²) < 4.78 is 27.9. The second kappa shape index (κ2) is 9.40. The Labute approximate surface area is 180 Å². The number of aryl methyl sites for hydroxylation is 2. The standard InChI is InChI=1S/C22H22N4O4S/c1-15-5-6-16(2)20(12-15)31(29,30)26-18-9-7-17(8-10-18)22(28)24-14-21(27)25-19-4-3-11-23-13-19/h3-13,26H,14H2,1-2H3,(H,24,28)(H,25,27). The Morgan fingerprint density at radius 2 is 1.71 bits per heavy atom. The van der Waals surface area contributed by atoms with Gasteiger partial charge in [-0.15, -0.1) is 0 Å². The van der Waals surface area contributed by atoms with Gasteiger partial charge >= 0.3 is 0 Å². The largest absolute Gasteiger partial charge is 0.343 e. The van der Waals surface area contributed by atoms with E-state index in [0.29, 0.717) is 22.5 Å². The fourth-order valence-electron chi connectivity index (χ4n) is 2.80. The quantitative estimate of drug-likeness (QED) is 0.524. The first kappa shape index (κ1) is 22.0. The molecule has 2 aromatic carbocycles. The number of rotatable bonds is 7. The zero-order chi connectivity index (χ0) is 22.4. The molecule has 3 aromatic rings. The minimum absolute atomic E-state index is 0.203. The van der Waals surface area contributed by atoms with Crippen LogP contribution in [0.15, 0.2) is 71.9 Å². The molecule has 1 aromatic heterocycles. The number of aromatic nitrogens is 1. The van der Waals surface area contributed by atoms with Crippen molar-refractivity contribution in [2.75, 3.05) is 16.6 Å². The molecule has 0 aliphatic rings. The highest BCUT2D eigenvalue weighted by atomic mass is 32.2. The summed E-state index contributed by atoms with van der Waals surface area (Å²) in [5.74, 6) is -0.843. The van der Waals surface area contributed by atoms with Crippen molar-refractivity contribution in [3.05, 3.63) is 83.7 Å². The van der Waals surface area contributed by atoms with Crippen molar-refractivity contribution in [1.29, 1.82) is 0 Å². The van der Waals surface area contributed by atoms with Crippen LogP contribution in [-0.4, -0.2) is 31.8 Å². The van der Waals surface area contributed by atoms with E-state index in [0.717, 1.165) is 5.56 Å². The van der Waals surface area contributed by atoms with Crippen molar-refractivity contribution < 1.29 is 18.0 Å². The molecule has 0 fully saturated rings. The van der Waals surface area contributed by atoms with Crippen LogP contribution in [0.4, 0.5) is 11.4 Å². The van der Waals surface area contributed by atoms with Crippen molar-refractivity contribution in [3.63, 3.8) is 0 Å². The van der Waals surface area contributed by atoms with Gasteiger partial charge in [-0.3, -0.25) is 19.3 Å². The van der Waals surface area contributed by atoms with Crippen LogP contribution in [0.5, 0.6) is 0 Å². The molecule has 0 saturated heterocycles. The SMILES string of the molecule is Cc1ccc(C)c(S(=O)(=O)Nc2ccc(C(=O)NCC(=O)Nc3cccnc3)cc2)c1. The lowest BCUT2D eigenvalue weighted by Gasteiger charge is -2.12. The van der Waals surface area contributed by atoms with E-state index in [-0.39, 0.29) is 17.3 Å². The van der Waals surface area contributed by atoms with Gasteiger partial charge in [0.1, 0.15) is 0 Å². The molecule has 0 spiro atoms. The summed E-state index contributed by atoms with van der Waals surface area (Å²) in [5.41, 5.74) is 2.63. The minimum atomic E-state index is -3.76. The molecule has 8 nitrogen and oxygen atoms in total. The lowest BCUT2D eigenvalue weighted by Crippen LogP contribution is -2.32. The maximum atomic E-state index is 12.7. The van der Waals surface area contributed by atoms with E-state index >= 15 is 0 Å². The highest BCUT2D eigenvalue weighted by molar-refractivity contribution is 7.92. The van der Waals surface area contributed by atoms with Gasteiger partial charge < -0.3 is 10.6 Å². The number of nitrogens with one attached hydrogen (secondary N) is 3. The van der Waals surface area contributed by atoms with Gasteiger partial charge in [0.25, 0.3) is 15.9 Å². The summed E-state index contributed by atoms with van der Waals surface area (Å²) in [6, 6.07) is 14.5. The van der Waals surface area contributed by atoms with Gasteiger partial charge in [0.15, 0.2) is 0 Å². The zero-order valence-corrected chi connectivity index (χ0v) is 17.9. The highest BCUT2D eigenvalue weighted by Crippen LogP contribution is 2.21. The van der Waals surface area contributed by atoms with Gasteiger partial charge in [-0.25, -0.2) is 8.42 Å². The molecule has 0 aliphatic carbocycles. The molecular formula is C22H22N4O4S. The van der Waals surface area contributed by atoms with Crippen LogP contribution in [0.2, 0.25) is 0 Å². The van der Waals surface area contributed by atoms with Gasteiger partial charge in [0, 0.05) is 17.4 Å². The van der Waals surface area contributed by atoms with Crippen LogP contribution >= 0.6 is 0 Å². The lowest BCUT2D eigenvalue weighted by atomic mass is 10.2. The monoisotopic (exact) mass is 438 g/mol. The number of pyridine rings is 1. The predicted octanol–water partition coefficient (Wildman–Crippen LogP) is 2.87. The van der Waals surface area contributed by atoms with Gasteiger partial charge in [-0.1, -0.05) is 12.1 Å². The van der Waals surface area contributed by atoms with Gasteiger partial charge in [0.2, 0.25) is 5.91 Å². The zero-order valence-electron chi connectivity index (χ0n) is 17.0. The Hall–Kier alpha value is -3.72. The number of hydrogen-bond acceptors (Lipinski definition) is 5. The molecule has 2 amide bonds. The van der Waals surface area contributed by atoms with Crippen LogP contribution in [-0.2, 0) is 14.8 Å². The van der Waals surface area contributed by atoms with Crippen LogP contribution in [0.3, 0.4) is 0 Å². The van der Waals surface area contributed by atoms with E-state index in [1.807, 2.05) is 13.0 Å². The van der Waals surface area contributed by atoms with E-state index < -0.39 is 15.9 Å². The summed E-state index contributed by atoms with van der Waals surface area (Å²) in [6.07, 6.45) is 3.08. The molecular weight excluding hydrogens is 416 g/mol. The Balaban J connectivity index is 1.60. The maximum absolute atomic E-state index is 12.7. The fourth-order valence-corrected chi connectivity index (χ4v) is 4.19. The van der Waals surface area contributed by atoms with Crippen molar-refractivity contribution in [1.82, 2.24) is 10.3 Å². The Morgan fingerprint density at radius 1 is 0.968 bits per heavy atom. The van der Waals surface area contributed by atoms with Gasteiger partial charge in [0.05, 0.1) is 23.3 Å². The Morgan fingerprint density at radius 3 is 2.39 bits per heavy atom. The van der Waals surface area contributed by atoms with Crippen molar-refractivity contribution >= 4 is 33.2 Å². The minimum Gasteiger partial charge on any atom is -0.343 e. The average Bonchev–Trinajstić information content (AvgIpc) is 2.74. The molecule has 0 saturated carbocycles. The molecule has 3 rings (SSSR count). The first-order chi connectivity index (χ1) is 14.7. The molecule has 3 N–H and O–H groups in total. The number of amides is 2. The van der Waals surface area contributed by atoms with Crippen LogP contribution in [0.25, 0.3) is 0 Å². The molecule has 0 unspecified atom stereocenters. The van der Waals surface area contributed by atoms with Crippen molar-refractivity contribution in [2.24, 2.45) is 0 Å². The molecule has 0 aliphatic heterocycles. The second-order valence-corrected chi connectivity index (χ2v) is 8.58. The van der Waals surface area contributed by atoms with E-state index in [4.69, 9.17) is 0 Å². The Kier molecular flexibility index (Phi) is 6.66. The summed E-state index contributed by atoms with van der Waals surface area (Å²) in [4.78, 5) is 28.3. The smallest absolute Gasteiger partial charge is 0.262 e. The number of benzene rings is 2. The highest BCUT2D eigenvalue weighted by Gasteiger charge is 2.17. The summed E-state index contributed by atoms with van der Waals surface area (Å²) in [7, 11) is -3.76. The molecule has 0 bridgehead atoms. The van der Waals surface area contributed by atoms with E-state index in [2.05, 4.69) is 20.3 Å². The third-order valence-corrected chi connectivity index (χ3v) is 5.91. The van der Waals surface area contributed by atoms with Gasteiger partial charge in [-0.05, 0) is 67.4 Å². The van der Waals surface area contributed by atoms with E-state index in [1.165, 1.54) is 30.5 Å². The lowest BCUT2D eigenvalue weighted by molar-refractivity contribution is -0.115. The molecule has 9 heteroatoms. The van der Waals surface area contributed by atoms with Crippen LogP contribution in [0.1, 0.15) is 21.5 Å². The number of carbonyl (C=O) groups is 2. The number of sulfonamides is 1. The molecule has 160 valence electrons. The van der Waals surface area contributed by atoms with Gasteiger partial charge in [-0.2, -0.15) is 0 Å².